The van der Waals surface area contributed by atoms with E-state index in [1.54, 1.807) is 0 Å². The van der Waals surface area contributed by atoms with Crippen molar-refractivity contribution in [3.8, 4) is 0 Å². The van der Waals surface area contributed by atoms with Crippen LogP contribution in [0, 0.1) is 0 Å². The summed E-state index contributed by atoms with van der Waals surface area (Å²) in [6.45, 7) is 10.4. The Morgan fingerprint density at radius 1 is 1.22 bits per heavy atom. The first-order valence-electron chi connectivity index (χ1n) is 9.61. The van der Waals surface area contributed by atoms with Crippen LogP contribution in [0.4, 0.5) is 4.79 Å². The highest BCUT2D eigenvalue weighted by molar-refractivity contribution is 5.69. The molecule has 3 atom stereocenters. The molecule has 1 N–H and O–H groups in total. The highest BCUT2D eigenvalue weighted by atomic mass is 16.6. The third-order valence-electron chi connectivity index (χ3n) is 5.21. The Hall–Kier alpha value is -0.770. The van der Waals surface area contributed by atoms with Gasteiger partial charge >= 0.3 is 6.09 Å². The summed E-state index contributed by atoms with van der Waals surface area (Å²) >= 11 is 0. The molecule has 2 aliphatic rings. The summed E-state index contributed by atoms with van der Waals surface area (Å²) in [7, 11) is 0. The minimum Gasteiger partial charge on any atom is -0.444 e. The maximum Gasteiger partial charge on any atom is 0.410 e. The lowest BCUT2D eigenvalue weighted by atomic mass is 9.95. The molecule has 23 heavy (non-hydrogen) atoms. The van der Waals surface area contributed by atoms with Gasteiger partial charge in [0, 0.05) is 24.2 Å². The Morgan fingerprint density at radius 3 is 2.30 bits per heavy atom. The van der Waals surface area contributed by atoms with Gasteiger partial charge in [0.1, 0.15) is 5.60 Å². The Balaban J connectivity index is 1.90. The van der Waals surface area contributed by atoms with Crippen LogP contribution in [0.25, 0.3) is 0 Å². The van der Waals surface area contributed by atoms with E-state index in [-0.39, 0.29) is 6.09 Å². The summed E-state index contributed by atoms with van der Waals surface area (Å²) in [5.41, 5.74) is -0.404. The number of carbonyl (C=O) groups excluding carboxylic acids is 1. The van der Waals surface area contributed by atoms with E-state index in [9.17, 15) is 4.79 Å². The number of nitrogens with zero attached hydrogens (tertiary/aromatic N) is 1. The van der Waals surface area contributed by atoms with Crippen LogP contribution >= 0.6 is 0 Å². The summed E-state index contributed by atoms with van der Waals surface area (Å²) in [6.07, 6.45) is 9.35. The third-order valence-corrected chi connectivity index (χ3v) is 5.21. The molecule has 0 radical (unpaired) electrons. The number of hydrogen-bond acceptors (Lipinski definition) is 3. The minimum absolute atomic E-state index is 0.110. The largest absolute Gasteiger partial charge is 0.444 e. The molecule has 2 heterocycles. The zero-order valence-electron chi connectivity index (χ0n) is 15.7. The molecule has 134 valence electrons. The molecule has 4 nitrogen and oxygen atoms in total. The fraction of sp³-hybridized carbons (Fsp3) is 0.947. The fourth-order valence-electron chi connectivity index (χ4n) is 4.12. The van der Waals surface area contributed by atoms with Crippen LogP contribution in [0.1, 0.15) is 86.0 Å². The maximum atomic E-state index is 12.5. The van der Waals surface area contributed by atoms with Gasteiger partial charge in [-0.3, -0.25) is 0 Å². The molecule has 4 heteroatoms. The topological polar surface area (TPSA) is 41.6 Å². The second kappa shape index (κ2) is 7.87. The zero-order valence-corrected chi connectivity index (χ0v) is 15.7. The number of carbonyl (C=O) groups is 1. The molecule has 2 fully saturated rings. The van der Waals surface area contributed by atoms with Crippen molar-refractivity contribution in [3.63, 3.8) is 0 Å². The van der Waals surface area contributed by atoms with Crippen LogP contribution in [0.15, 0.2) is 0 Å². The fourth-order valence-corrected chi connectivity index (χ4v) is 4.12. The van der Waals surface area contributed by atoms with Gasteiger partial charge in [-0.05, 0) is 59.3 Å². The van der Waals surface area contributed by atoms with E-state index in [0.717, 1.165) is 25.7 Å². The SMILES string of the molecule is CCCCC(CC)NC1CC2CCC(C1)N2C(=O)OC(C)(C)C. The summed E-state index contributed by atoms with van der Waals surface area (Å²) in [5.74, 6) is 0. The van der Waals surface area contributed by atoms with Crippen molar-refractivity contribution in [1.82, 2.24) is 10.2 Å². The van der Waals surface area contributed by atoms with Crippen molar-refractivity contribution in [1.29, 1.82) is 0 Å². The highest BCUT2D eigenvalue weighted by Crippen LogP contribution is 2.37. The highest BCUT2D eigenvalue weighted by Gasteiger charge is 2.44. The second-order valence-corrected chi connectivity index (χ2v) is 8.36. The van der Waals surface area contributed by atoms with Crippen molar-refractivity contribution in [2.24, 2.45) is 0 Å². The standard InChI is InChI=1S/C19H36N2O2/c1-6-8-9-14(7-2)20-15-12-16-10-11-17(13-15)21(16)18(22)23-19(3,4)5/h14-17,20H,6-13H2,1-5H3. The van der Waals surface area contributed by atoms with Crippen LogP contribution in [-0.4, -0.2) is 40.8 Å². The monoisotopic (exact) mass is 324 g/mol. The Labute approximate surface area is 142 Å². The number of piperidine rings is 1. The molecule has 0 aromatic carbocycles. The van der Waals surface area contributed by atoms with Gasteiger partial charge in [0.25, 0.3) is 0 Å². The number of rotatable bonds is 6. The van der Waals surface area contributed by atoms with Gasteiger partial charge in [0.15, 0.2) is 0 Å². The lowest BCUT2D eigenvalue weighted by Gasteiger charge is -2.40. The molecule has 0 aromatic heterocycles. The molecule has 2 saturated heterocycles. The normalized spacial score (nSPS) is 28.7. The molecule has 2 rings (SSSR count). The average Bonchev–Trinajstić information content (AvgIpc) is 2.73. The lowest BCUT2D eigenvalue weighted by Crippen LogP contribution is -2.54. The van der Waals surface area contributed by atoms with Gasteiger partial charge < -0.3 is 15.0 Å². The minimum atomic E-state index is -0.404. The van der Waals surface area contributed by atoms with Crippen molar-refractivity contribution in [3.05, 3.63) is 0 Å². The van der Waals surface area contributed by atoms with Crippen molar-refractivity contribution in [2.45, 2.75) is 116 Å². The number of nitrogens with one attached hydrogen (secondary N) is 1. The van der Waals surface area contributed by atoms with Gasteiger partial charge in [-0.15, -0.1) is 0 Å². The van der Waals surface area contributed by atoms with Gasteiger partial charge in [0.05, 0.1) is 0 Å². The van der Waals surface area contributed by atoms with Gasteiger partial charge in [-0.2, -0.15) is 0 Å². The molecular weight excluding hydrogens is 288 g/mol. The average molecular weight is 325 g/mol. The summed E-state index contributed by atoms with van der Waals surface area (Å²) in [4.78, 5) is 14.5. The van der Waals surface area contributed by atoms with Crippen LogP contribution in [0.5, 0.6) is 0 Å². The number of ether oxygens (including phenoxy) is 1. The summed E-state index contributed by atoms with van der Waals surface area (Å²) in [6, 6.07) is 1.93. The number of hydrogen-bond donors (Lipinski definition) is 1. The van der Waals surface area contributed by atoms with E-state index in [1.807, 2.05) is 25.7 Å². The smallest absolute Gasteiger partial charge is 0.410 e. The van der Waals surface area contributed by atoms with E-state index in [4.69, 9.17) is 4.74 Å². The molecule has 0 spiro atoms. The van der Waals surface area contributed by atoms with Crippen molar-refractivity contribution >= 4 is 6.09 Å². The van der Waals surface area contributed by atoms with E-state index in [1.165, 1.54) is 25.7 Å². The molecule has 0 aromatic rings. The molecule has 2 aliphatic heterocycles. The van der Waals surface area contributed by atoms with Crippen LogP contribution < -0.4 is 5.32 Å². The third kappa shape index (κ3) is 5.10. The molecule has 0 saturated carbocycles. The van der Waals surface area contributed by atoms with Gasteiger partial charge in [-0.1, -0.05) is 26.7 Å². The van der Waals surface area contributed by atoms with Gasteiger partial charge in [-0.25, -0.2) is 4.79 Å². The first-order valence-corrected chi connectivity index (χ1v) is 9.61. The first-order chi connectivity index (χ1) is 10.8. The van der Waals surface area contributed by atoms with E-state index >= 15 is 0 Å². The van der Waals surface area contributed by atoms with Crippen LogP contribution in [-0.2, 0) is 4.74 Å². The van der Waals surface area contributed by atoms with Crippen molar-refractivity contribution < 1.29 is 9.53 Å². The number of unbranched alkanes of at least 4 members (excludes halogenated alkanes) is 1. The number of fused-ring (bicyclic) bond motifs is 2. The van der Waals surface area contributed by atoms with Gasteiger partial charge in [0.2, 0.25) is 0 Å². The quantitative estimate of drug-likeness (QED) is 0.783. The molecular formula is C19H36N2O2. The second-order valence-electron chi connectivity index (χ2n) is 8.36. The Kier molecular flexibility index (Phi) is 6.35. The molecule has 3 unspecified atom stereocenters. The van der Waals surface area contributed by atoms with E-state index in [0.29, 0.717) is 24.2 Å². The van der Waals surface area contributed by atoms with Crippen LogP contribution in [0.3, 0.4) is 0 Å². The maximum absolute atomic E-state index is 12.5. The zero-order chi connectivity index (χ0) is 17.0. The summed E-state index contributed by atoms with van der Waals surface area (Å²) in [5, 5.41) is 3.87. The molecule has 2 bridgehead atoms. The van der Waals surface area contributed by atoms with Crippen molar-refractivity contribution in [2.75, 3.05) is 0 Å². The Bertz CT molecular complexity index is 377. The van der Waals surface area contributed by atoms with E-state index < -0.39 is 5.60 Å². The number of amides is 1. The predicted molar refractivity (Wildman–Crippen MR) is 94.6 cm³/mol. The lowest BCUT2D eigenvalue weighted by molar-refractivity contribution is 0.00420. The summed E-state index contributed by atoms with van der Waals surface area (Å²) < 4.78 is 5.62. The molecule has 1 amide bonds. The predicted octanol–water partition coefficient (Wildman–Crippen LogP) is 4.48. The Morgan fingerprint density at radius 2 is 1.83 bits per heavy atom. The van der Waals surface area contributed by atoms with Crippen LogP contribution in [0.2, 0.25) is 0 Å². The molecule has 0 aliphatic carbocycles. The first kappa shape index (κ1) is 18.6. The van der Waals surface area contributed by atoms with E-state index in [2.05, 4.69) is 19.2 Å².